The molecule has 2 saturated carbocycles. The van der Waals surface area contributed by atoms with Gasteiger partial charge in [-0.25, -0.2) is 4.79 Å². The van der Waals surface area contributed by atoms with E-state index in [0.29, 0.717) is 12.3 Å². The van der Waals surface area contributed by atoms with Gasteiger partial charge in [-0.05, 0) is 37.0 Å². The van der Waals surface area contributed by atoms with E-state index in [0.717, 1.165) is 11.8 Å². The number of methoxy groups -OCH3 is 1. The van der Waals surface area contributed by atoms with Gasteiger partial charge in [-0.15, -0.1) is 0 Å². The lowest BCUT2D eigenvalue weighted by Crippen LogP contribution is -2.38. The number of ether oxygens (including phenoxy) is 1. The van der Waals surface area contributed by atoms with Crippen molar-refractivity contribution in [3.05, 3.63) is 0 Å². The third kappa shape index (κ3) is 3.02. The Balaban J connectivity index is 1.71. The Morgan fingerprint density at radius 1 is 1.39 bits per heavy atom. The number of aliphatic carboxylic acids is 1. The molecular formula is C13H21NO4. The Bertz CT molecular complexity index is 331. The van der Waals surface area contributed by atoms with Crippen LogP contribution >= 0.6 is 0 Å². The minimum atomic E-state index is -1.04. The fourth-order valence-electron chi connectivity index (χ4n) is 3.41. The number of carbonyl (C=O) groups is 2. The molecule has 4 unspecified atom stereocenters. The van der Waals surface area contributed by atoms with E-state index in [-0.39, 0.29) is 12.5 Å². The molecule has 0 aromatic carbocycles. The quantitative estimate of drug-likeness (QED) is 0.743. The average molecular weight is 255 g/mol. The molecular weight excluding hydrogens is 234 g/mol. The van der Waals surface area contributed by atoms with E-state index in [9.17, 15) is 9.59 Å². The van der Waals surface area contributed by atoms with Gasteiger partial charge >= 0.3 is 5.97 Å². The van der Waals surface area contributed by atoms with Crippen LogP contribution in [0.5, 0.6) is 0 Å². The summed E-state index contributed by atoms with van der Waals surface area (Å²) in [4.78, 5) is 22.5. The van der Waals surface area contributed by atoms with Crippen LogP contribution in [0.2, 0.25) is 0 Å². The second-order valence-electron chi connectivity index (χ2n) is 5.51. The van der Waals surface area contributed by atoms with E-state index in [4.69, 9.17) is 9.84 Å². The summed E-state index contributed by atoms with van der Waals surface area (Å²) in [6, 6.07) is 0. The summed E-state index contributed by atoms with van der Waals surface area (Å²) < 4.78 is 4.77. The number of amides is 1. The first-order valence-electron chi connectivity index (χ1n) is 6.62. The number of fused-ring (bicyclic) bond motifs is 2. The molecule has 5 nitrogen and oxygen atoms in total. The van der Waals surface area contributed by atoms with Crippen molar-refractivity contribution in [1.82, 2.24) is 5.32 Å². The van der Waals surface area contributed by atoms with Crippen LogP contribution in [0.3, 0.4) is 0 Å². The Kier molecular flexibility index (Phi) is 4.22. The number of hydrogen-bond acceptors (Lipinski definition) is 3. The van der Waals surface area contributed by atoms with Crippen molar-refractivity contribution >= 4 is 11.9 Å². The van der Waals surface area contributed by atoms with Crippen LogP contribution in [0.25, 0.3) is 0 Å². The van der Waals surface area contributed by atoms with Crippen molar-refractivity contribution in [2.45, 2.75) is 38.2 Å². The third-order valence-electron chi connectivity index (χ3n) is 4.38. The van der Waals surface area contributed by atoms with E-state index < -0.39 is 12.1 Å². The molecule has 2 fully saturated rings. The first-order valence-corrected chi connectivity index (χ1v) is 6.62. The van der Waals surface area contributed by atoms with Crippen molar-refractivity contribution in [3.63, 3.8) is 0 Å². The second-order valence-corrected chi connectivity index (χ2v) is 5.51. The lowest BCUT2D eigenvalue weighted by Gasteiger charge is -2.21. The maximum Gasteiger partial charge on any atom is 0.334 e. The van der Waals surface area contributed by atoms with Crippen LogP contribution in [0.1, 0.15) is 32.1 Å². The molecule has 0 aliphatic heterocycles. The number of rotatable bonds is 6. The van der Waals surface area contributed by atoms with Crippen molar-refractivity contribution in [1.29, 1.82) is 0 Å². The highest BCUT2D eigenvalue weighted by atomic mass is 16.5. The van der Waals surface area contributed by atoms with Crippen LogP contribution in [-0.2, 0) is 14.3 Å². The van der Waals surface area contributed by atoms with Crippen molar-refractivity contribution in [2.24, 2.45) is 17.8 Å². The molecule has 0 aromatic rings. The lowest BCUT2D eigenvalue weighted by atomic mass is 9.86. The summed E-state index contributed by atoms with van der Waals surface area (Å²) in [5.41, 5.74) is 0. The van der Waals surface area contributed by atoms with E-state index in [1.54, 1.807) is 0 Å². The van der Waals surface area contributed by atoms with Gasteiger partial charge in [0.05, 0.1) is 6.54 Å². The smallest absolute Gasteiger partial charge is 0.334 e. The molecule has 0 radical (unpaired) electrons. The van der Waals surface area contributed by atoms with Crippen LogP contribution < -0.4 is 5.32 Å². The maximum atomic E-state index is 11.8. The summed E-state index contributed by atoms with van der Waals surface area (Å²) in [7, 11) is 1.33. The van der Waals surface area contributed by atoms with E-state index in [2.05, 4.69) is 5.32 Å². The molecule has 0 heterocycles. The molecule has 2 bridgehead atoms. The molecule has 0 aromatic heterocycles. The van der Waals surface area contributed by atoms with Gasteiger partial charge in [0.15, 0.2) is 6.10 Å². The molecule has 1 amide bonds. The van der Waals surface area contributed by atoms with Gasteiger partial charge in [0.1, 0.15) is 0 Å². The molecule has 2 aliphatic rings. The monoisotopic (exact) mass is 255 g/mol. The Hall–Kier alpha value is -1.10. The molecule has 2 rings (SSSR count). The SMILES string of the molecule is COC(CNC(=O)CC1CC2CCC1C2)C(=O)O. The van der Waals surface area contributed by atoms with E-state index in [1.807, 2.05) is 0 Å². The molecule has 5 heteroatoms. The normalized spacial score (nSPS) is 31.3. The van der Waals surface area contributed by atoms with Crippen LogP contribution in [0.15, 0.2) is 0 Å². The maximum absolute atomic E-state index is 11.8. The standard InChI is InChI=1S/C13H21NO4/c1-18-11(13(16)17)7-14-12(15)6-10-5-8-2-3-9(10)4-8/h8-11H,2-7H2,1H3,(H,14,15)(H,16,17). The Labute approximate surface area is 107 Å². The van der Waals surface area contributed by atoms with Crippen molar-refractivity contribution in [3.8, 4) is 0 Å². The fraction of sp³-hybridized carbons (Fsp3) is 0.846. The van der Waals surface area contributed by atoms with Gasteiger partial charge < -0.3 is 15.2 Å². The number of nitrogens with one attached hydrogen (secondary N) is 1. The van der Waals surface area contributed by atoms with Crippen LogP contribution in [-0.4, -0.2) is 36.7 Å². The Morgan fingerprint density at radius 2 is 2.17 bits per heavy atom. The van der Waals surface area contributed by atoms with Gasteiger partial charge in [-0.2, -0.15) is 0 Å². The lowest BCUT2D eigenvalue weighted by molar-refractivity contribution is -0.148. The fourth-order valence-corrected chi connectivity index (χ4v) is 3.41. The molecule has 102 valence electrons. The second kappa shape index (κ2) is 5.69. The highest BCUT2D eigenvalue weighted by Gasteiger charge is 2.40. The summed E-state index contributed by atoms with van der Waals surface area (Å²) in [6.45, 7) is 0.0471. The predicted molar refractivity (Wildman–Crippen MR) is 65.0 cm³/mol. The van der Waals surface area contributed by atoms with Crippen LogP contribution in [0.4, 0.5) is 0 Å². The highest BCUT2D eigenvalue weighted by molar-refractivity contribution is 5.78. The zero-order valence-electron chi connectivity index (χ0n) is 10.7. The third-order valence-corrected chi connectivity index (χ3v) is 4.38. The summed E-state index contributed by atoms with van der Waals surface area (Å²) in [5.74, 6) is 0.972. The van der Waals surface area contributed by atoms with E-state index in [1.165, 1.54) is 32.8 Å². The van der Waals surface area contributed by atoms with Crippen molar-refractivity contribution < 1.29 is 19.4 Å². The van der Waals surface area contributed by atoms with Gasteiger partial charge in [-0.1, -0.05) is 6.42 Å². The topological polar surface area (TPSA) is 75.6 Å². The van der Waals surface area contributed by atoms with Gasteiger partial charge in [0.2, 0.25) is 5.91 Å². The number of carboxylic acid groups (broad SMARTS) is 1. The summed E-state index contributed by atoms with van der Waals surface area (Å²) in [6.07, 6.45) is 4.63. The van der Waals surface area contributed by atoms with Crippen LogP contribution in [0, 0.1) is 17.8 Å². The number of carboxylic acids is 1. The van der Waals surface area contributed by atoms with Crippen molar-refractivity contribution in [2.75, 3.05) is 13.7 Å². The Morgan fingerprint density at radius 3 is 2.67 bits per heavy atom. The molecule has 0 saturated heterocycles. The zero-order chi connectivity index (χ0) is 13.1. The minimum Gasteiger partial charge on any atom is -0.479 e. The zero-order valence-corrected chi connectivity index (χ0v) is 10.7. The minimum absolute atomic E-state index is 0.0455. The molecule has 4 atom stereocenters. The summed E-state index contributed by atoms with van der Waals surface area (Å²) in [5, 5.41) is 11.4. The largest absolute Gasteiger partial charge is 0.479 e. The predicted octanol–water partition coefficient (Wildman–Crippen LogP) is 1.03. The van der Waals surface area contributed by atoms with Gasteiger partial charge in [-0.3, -0.25) is 4.79 Å². The van der Waals surface area contributed by atoms with E-state index >= 15 is 0 Å². The van der Waals surface area contributed by atoms with Gasteiger partial charge in [0, 0.05) is 13.5 Å². The highest BCUT2D eigenvalue weighted by Crippen LogP contribution is 2.49. The average Bonchev–Trinajstić information content (AvgIpc) is 2.91. The molecule has 2 N–H and O–H groups in total. The number of carbonyl (C=O) groups excluding carboxylic acids is 1. The first-order chi connectivity index (χ1) is 8.60. The van der Waals surface area contributed by atoms with Gasteiger partial charge in [0.25, 0.3) is 0 Å². The summed E-state index contributed by atoms with van der Waals surface area (Å²) >= 11 is 0. The molecule has 0 spiro atoms. The first kappa shape index (κ1) is 13.3. The molecule has 18 heavy (non-hydrogen) atoms. The number of hydrogen-bond donors (Lipinski definition) is 2. The molecule has 2 aliphatic carbocycles.